The van der Waals surface area contributed by atoms with Crippen LogP contribution in [0, 0.1) is 5.41 Å². The van der Waals surface area contributed by atoms with Gasteiger partial charge in [-0.1, -0.05) is 50.6 Å². The molecule has 0 saturated heterocycles. The van der Waals surface area contributed by atoms with E-state index in [9.17, 15) is 4.79 Å². The van der Waals surface area contributed by atoms with Crippen molar-refractivity contribution in [2.45, 2.75) is 67.2 Å². The molecule has 0 unspecified atom stereocenters. The number of rotatable bonds is 6. The van der Waals surface area contributed by atoms with Crippen LogP contribution in [0.25, 0.3) is 0 Å². The first-order chi connectivity index (χ1) is 10.8. The van der Waals surface area contributed by atoms with Crippen LogP contribution >= 0.6 is 0 Å². The van der Waals surface area contributed by atoms with Crippen molar-refractivity contribution in [2.75, 3.05) is 0 Å². The summed E-state index contributed by atoms with van der Waals surface area (Å²) in [5.41, 5.74) is 6.90. The Kier molecular flexibility index (Phi) is 7.48. The number of carbonyl (C=O) groups is 1. The van der Waals surface area contributed by atoms with Crippen molar-refractivity contribution in [2.24, 2.45) is 5.41 Å². The van der Waals surface area contributed by atoms with Crippen LogP contribution in [0.3, 0.4) is 0 Å². The van der Waals surface area contributed by atoms with Crippen molar-refractivity contribution in [1.82, 2.24) is 0 Å². The maximum atomic E-state index is 10.5. The summed E-state index contributed by atoms with van der Waals surface area (Å²) in [5, 5.41) is 0. The van der Waals surface area contributed by atoms with Gasteiger partial charge >= 0.3 is 0 Å². The third kappa shape index (κ3) is 5.82. The van der Waals surface area contributed by atoms with Crippen molar-refractivity contribution < 1.29 is 4.79 Å². The summed E-state index contributed by atoms with van der Waals surface area (Å²) in [6.45, 7) is 13.3. The Morgan fingerprint density at radius 1 is 1.17 bits per heavy atom. The molecule has 1 aliphatic rings. The van der Waals surface area contributed by atoms with E-state index in [2.05, 4.69) is 52.8 Å². The molecule has 1 aliphatic carbocycles. The van der Waals surface area contributed by atoms with Gasteiger partial charge in [0, 0.05) is 0 Å². The van der Waals surface area contributed by atoms with Gasteiger partial charge in [-0.3, -0.25) is 4.79 Å². The van der Waals surface area contributed by atoms with E-state index in [0.717, 1.165) is 18.3 Å². The highest BCUT2D eigenvalue weighted by molar-refractivity contribution is 5.67. The number of hydrogen-bond donors (Lipinski definition) is 0. The van der Waals surface area contributed by atoms with E-state index in [-0.39, 0.29) is 5.41 Å². The van der Waals surface area contributed by atoms with Crippen LogP contribution < -0.4 is 0 Å². The van der Waals surface area contributed by atoms with Gasteiger partial charge in [-0.15, -0.1) is 0 Å². The molecule has 23 heavy (non-hydrogen) atoms. The summed E-state index contributed by atoms with van der Waals surface area (Å²) in [5.74, 6) is 0. The fourth-order valence-corrected chi connectivity index (χ4v) is 3.25. The molecule has 0 fully saturated rings. The lowest BCUT2D eigenvalue weighted by molar-refractivity contribution is -0.104. The van der Waals surface area contributed by atoms with Crippen LogP contribution in [0.4, 0.5) is 0 Å². The van der Waals surface area contributed by atoms with Gasteiger partial charge in [0.15, 0.2) is 0 Å². The first-order valence-electron chi connectivity index (χ1n) is 8.70. The molecule has 1 rings (SSSR count). The number of carbonyl (C=O) groups excluding carboxylic acids is 1. The van der Waals surface area contributed by atoms with E-state index in [1.54, 1.807) is 6.08 Å². The van der Waals surface area contributed by atoms with Crippen LogP contribution in [0.1, 0.15) is 67.2 Å². The zero-order valence-electron chi connectivity index (χ0n) is 15.7. The zero-order valence-corrected chi connectivity index (χ0v) is 15.7. The SMILES string of the molecule is CC/C(C=CC(C)=CC=O)=C(\C)C=CC1=C(C)CCCC1(C)C. The molecule has 0 aromatic rings. The molecule has 0 N–H and O–H groups in total. The molecule has 0 aromatic heterocycles. The summed E-state index contributed by atoms with van der Waals surface area (Å²) in [4.78, 5) is 10.5. The summed E-state index contributed by atoms with van der Waals surface area (Å²) in [7, 11) is 0. The number of allylic oxidation sites excluding steroid dienone is 10. The van der Waals surface area contributed by atoms with Crippen LogP contribution in [0.5, 0.6) is 0 Å². The maximum Gasteiger partial charge on any atom is 0.143 e. The number of hydrogen-bond acceptors (Lipinski definition) is 1. The Morgan fingerprint density at radius 3 is 2.43 bits per heavy atom. The Morgan fingerprint density at radius 2 is 1.87 bits per heavy atom. The molecular weight excluding hydrogens is 280 g/mol. The van der Waals surface area contributed by atoms with Gasteiger partial charge in [0.05, 0.1) is 0 Å². The van der Waals surface area contributed by atoms with E-state index in [4.69, 9.17) is 0 Å². The van der Waals surface area contributed by atoms with Gasteiger partial charge in [-0.05, 0) is 80.2 Å². The highest BCUT2D eigenvalue weighted by Crippen LogP contribution is 2.40. The molecule has 0 amide bonds. The monoisotopic (exact) mass is 312 g/mol. The molecule has 126 valence electrons. The topological polar surface area (TPSA) is 17.1 Å². The molecule has 0 bridgehead atoms. The van der Waals surface area contributed by atoms with Gasteiger partial charge in [0.25, 0.3) is 0 Å². The minimum Gasteiger partial charge on any atom is -0.299 e. The van der Waals surface area contributed by atoms with Crippen molar-refractivity contribution in [1.29, 1.82) is 0 Å². The van der Waals surface area contributed by atoms with Crippen LogP contribution in [-0.4, -0.2) is 6.29 Å². The second-order valence-electron chi connectivity index (χ2n) is 7.21. The predicted octanol–water partition coefficient (Wildman–Crippen LogP) is 6.50. The summed E-state index contributed by atoms with van der Waals surface area (Å²) in [6.07, 6.45) is 15.9. The van der Waals surface area contributed by atoms with Gasteiger partial charge in [-0.2, -0.15) is 0 Å². The first kappa shape index (κ1) is 19.4. The van der Waals surface area contributed by atoms with Crippen molar-refractivity contribution in [3.8, 4) is 0 Å². The molecule has 1 nitrogen and oxygen atoms in total. The van der Waals surface area contributed by atoms with Gasteiger partial charge in [-0.25, -0.2) is 0 Å². The quantitative estimate of drug-likeness (QED) is 0.311. The van der Waals surface area contributed by atoms with Gasteiger partial charge < -0.3 is 0 Å². The van der Waals surface area contributed by atoms with Crippen LogP contribution in [-0.2, 0) is 4.79 Å². The average molecular weight is 312 g/mol. The average Bonchev–Trinajstić information content (AvgIpc) is 2.47. The molecule has 0 radical (unpaired) electrons. The number of aldehydes is 1. The predicted molar refractivity (Wildman–Crippen MR) is 101 cm³/mol. The van der Waals surface area contributed by atoms with Crippen molar-refractivity contribution in [3.05, 3.63) is 58.2 Å². The summed E-state index contributed by atoms with van der Waals surface area (Å²) < 4.78 is 0. The van der Waals surface area contributed by atoms with Crippen LogP contribution in [0.2, 0.25) is 0 Å². The fraction of sp³-hybridized carbons (Fsp3) is 0.500. The third-order valence-corrected chi connectivity index (χ3v) is 4.81. The summed E-state index contributed by atoms with van der Waals surface area (Å²) in [6, 6.07) is 0. The molecule has 1 heteroatoms. The normalized spacial score (nSPS) is 20.3. The highest BCUT2D eigenvalue weighted by Gasteiger charge is 2.26. The van der Waals surface area contributed by atoms with Gasteiger partial charge in [0.1, 0.15) is 6.29 Å². The van der Waals surface area contributed by atoms with E-state index in [1.807, 2.05) is 13.0 Å². The lowest BCUT2D eigenvalue weighted by Crippen LogP contribution is -2.19. The smallest absolute Gasteiger partial charge is 0.143 e. The standard InChI is InChI=1S/C22H32O/c1-7-20(12-10-17(2)14-16-23)18(3)11-13-21-19(4)9-8-15-22(21,5)6/h10-14,16H,7-9,15H2,1-6H3/b12-10?,13-11?,17-14?,20-18-. The molecule has 0 aromatic carbocycles. The van der Waals surface area contributed by atoms with E-state index < -0.39 is 0 Å². The van der Waals surface area contributed by atoms with E-state index in [0.29, 0.717) is 0 Å². The van der Waals surface area contributed by atoms with E-state index >= 15 is 0 Å². The minimum atomic E-state index is 0.282. The Labute approximate surface area is 142 Å². The highest BCUT2D eigenvalue weighted by atomic mass is 16.1. The third-order valence-electron chi connectivity index (χ3n) is 4.81. The van der Waals surface area contributed by atoms with Crippen molar-refractivity contribution >= 4 is 6.29 Å². The Balaban J connectivity index is 3.04. The molecule has 0 heterocycles. The molecule has 0 atom stereocenters. The van der Waals surface area contributed by atoms with E-state index in [1.165, 1.54) is 41.6 Å². The molecule has 0 aliphatic heterocycles. The van der Waals surface area contributed by atoms with Crippen molar-refractivity contribution in [3.63, 3.8) is 0 Å². The molecule has 0 spiro atoms. The minimum absolute atomic E-state index is 0.282. The lowest BCUT2D eigenvalue weighted by Gasteiger charge is -2.33. The second-order valence-corrected chi connectivity index (χ2v) is 7.21. The second kappa shape index (κ2) is 8.86. The molecular formula is C22H32O. The Hall–Kier alpha value is -1.63. The Bertz CT molecular complexity index is 577. The largest absolute Gasteiger partial charge is 0.299 e. The fourth-order valence-electron chi connectivity index (χ4n) is 3.25. The summed E-state index contributed by atoms with van der Waals surface area (Å²) >= 11 is 0. The van der Waals surface area contributed by atoms with Crippen LogP contribution in [0.15, 0.2) is 58.2 Å². The maximum absolute atomic E-state index is 10.5. The first-order valence-corrected chi connectivity index (χ1v) is 8.70. The molecule has 0 saturated carbocycles. The lowest BCUT2D eigenvalue weighted by atomic mass is 9.72. The zero-order chi connectivity index (χ0) is 17.5. The van der Waals surface area contributed by atoms with Gasteiger partial charge in [0.2, 0.25) is 0 Å².